The number of para-hydroxylation sites is 1. The molecule has 0 radical (unpaired) electrons. The molecule has 2 heterocycles. The summed E-state index contributed by atoms with van der Waals surface area (Å²) in [5, 5.41) is 13.0. The highest BCUT2D eigenvalue weighted by molar-refractivity contribution is 7.16. The molecule has 0 aliphatic rings. The number of nitrogens with one attached hydrogen (secondary N) is 1. The third-order valence-corrected chi connectivity index (χ3v) is 4.01. The van der Waals surface area contributed by atoms with Crippen molar-refractivity contribution in [3.8, 4) is 6.07 Å². The van der Waals surface area contributed by atoms with E-state index >= 15 is 0 Å². The summed E-state index contributed by atoms with van der Waals surface area (Å²) < 4.78 is 2.01. The lowest BCUT2D eigenvalue weighted by Crippen LogP contribution is -2.13. The highest BCUT2D eigenvalue weighted by Crippen LogP contribution is 2.22. The Hall–Kier alpha value is -2.65. The van der Waals surface area contributed by atoms with Gasteiger partial charge in [-0.3, -0.25) is 4.79 Å². The average molecular weight is 296 g/mol. The lowest BCUT2D eigenvalue weighted by atomic mass is 10.1. The van der Waals surface area contributed by atoms with Crippen molar-refractivity contribution in [3.05, 3.63) is 47.1 Å². The minimum absolute atomic E-state index is 0.134. The third-order valence-electron chi connectivity index (χ3n) is 3.19. The third kappa shape index (κ3) is 2.64. The van der Waals surface area contributed by atoms with E-state index in [1.807, 2.05) is 48.1 Å². The molecule has 6 heteroatoms. The Labute approximate surface area is 125 Å². The Balaban J connectivity index is 1.79. The van der Waals surface area contributed by atoms with Gasteiger partial charge in [0.25, 0.3) is 0 Å². The number of carbonyl (C=O) groups excluding carboxylic acids is 1. The smallest absolute Gasteiger partial charge is 0.230 e. The summed E-state index contributed by atoms with van der Waals surface area (Å²) in [7, 11) is 1.96. The molecule has 1 aromatic carbocycles. The summed E-state index contributed by atoms with van der Waals surface area (Å²) in [4.78, 5) is 16.6. The number of fused-ring (bicyclic) bond motifs is 1. The Morgan fingerprint density at radius 3 is 3.05 bits per heavy atom. The van der Waals surface area contributed by atoms with Crippen molar-refractivity contribution in [2.75, 3.05) is 5.32 Å². The average Bonchev–Trinajstić information content (AvgIpc) is 3.05. The molecule has 0 fully saturated rings. The lowest BCUT2D eigenvalue weighted by molar-refractivity contribution is -0.115. The maximum absolute atomic E-state index is 12.1. The molecule has 1 amide bonds. The molecule has 0 unspecified atom stereocenters. The van der Waals surface area contributed by atoms with Gasteiger partial charge in [-0.1, -0.05) is 29.5 Å². The van der Waals surface area contributed by atoms with Gasteiger partial charge in [0.2, 0.25) is 5.91 Å². The van der Waals surface area contributed by atoms with E-state index in [-0.39, 0.29) is 12.3 Å². The number of hydrogen-bond acceptors (Lipinski definition) is 4. The van der Waals surface area contributed by atoms with Crippen molar-refractivity contribution in [1.82, 2.24) is 9.55 Å². The second kappa shape index (κ2) is 5.38. The van der Waals surface area contributed by atoms with Gasteiger partial charge in [-0.25, -0.2) is 4.98 Å². The molecule has 0 atom stereocenters. The predicted molar refractivity (Wildman–Crippen MR) is 82.1 cm³/mol. The molecule has 1 N–H and O–H groups in total. The molecular weight excluding hydrogens is 284 g/mol. The van der Waals surface area contributed by atoms with Crippen LogP contribution in [0.3, 0.4) is 0 Å². The van der Waals surface area contributed by atoms with Gasteiger partial charge < -0.3 is 9.88 Å². The van der Waals surface area contributed by atoms with Crippen LogP contribution in [0.5, 0.6) is 0 Å². The zero-order valence-corrected chi connectivity index (χ0v) is 12.1. The molecule has 0 aliphatic heterocycles. The Kier molecular flexibility index (Phi) is 3.42. The van der Waals surface area contributed by atoms with E-state index in [2.05, 4.69) is 10.3 Å². The van der Waals surface area contributed by atoms with Crippen LogP contribution in [-0.2, 0) is 18.3 Å². The van der Waals surface area contributed by atoms with E-state index in [0.29, 0.717) is 10.0 Å². The molecule has 0 aliphatic carbocycles. The molecule has 0 saturated carbocycles. The maximum atomic E-state index is 12.1. The van der Waals surface area contributed by atoms with Crippen LogP contribution in [-0.4, -0.2) is 15.5 Å². The lowest BCUT2D eigenvalue weighted by Gasteiger charge is -2.00. The largest absolute Gasteiger partial charge is 0.350 e. The number of aromatic nitrogens is 2. The summed E-state index contributed by atoms with van der Waals surface area (Å²) in [5.74, 6) is -0.134. The van der Waals surface area contributed by atoms with Gasteiger partial charge >= 0.3 is 0 Å². The number of rotatable bonds is 3. The van der Waals surface area contributed by atoms with E-state index < -0.39 is 0 Å². The molecular formula is C15H12N4OS. The van der Waals surface area contributed by atoms with E-state index in [1.165, 1.54) is 17.5 Å². The summed E-state index contributed by atoms with van der Waals surface area (Å²) in [6.45, 7) is 0. The summed E-state index contributed by atoms with van der Waals surface area (Å²) in [6, 6.07) is 9.97. The molecule has 104 valence electrons. The minimum Gasteiger partial charge on any atom is -0.350 e. The fourth-order valence-corrected chi connectivity index (χ4v) is 2.92. The molecule has 0 bridgehead atoms. The second-order valence-corrected chi connectivity index (χ2v) is 5.68. The number of hydrogen-bond donors (Lipinski definition) is 1. The fraction of sp³-hybridized carbons (Fsp3) is 0.133. The molecule has 5 nitrogen and oxygen atoms in total. The summed E-state index contributed by atoms with van der Waals surface area (Å²) in [5.41, 5.74) is 2.07. The first-order valence-corrected chi connectivity index (χ1v) is 7.18. The second-order valence-electron chi connectivity index (χ2n) is 4.65. The topological polar surface area (TPSA) is 70.7 Å². The Morgan fingerprint density at radius 2 is 2.29 bits per heavy atom. The van der Waals surface area contributed by atoms with Gasteiger partial charge in [0.15, 0.2) is 5.13 Å². The van der Waals surface area contributed by atoms with Crippen LogP contribution in [0.25, 0.3) is 10.9 Å². The predicted octanol–water partition coefficient (Wildman–Crippen LogP) is 2.69. The van der Waals surface area contributed by atoms with Gasteiger partial charge in [-0.05, 0) is 11.6 Å². The highest BCUT2D eigenvalue weighted by Gasteiger charge is 2.12. The summed E-state index contributed by atoms with van der Waals surface area (Å²) in [6.07, 6.45) is 3.70. The number of anilines is 1. The minimum atomic E-state index is -0.134. The van der Waals surface area contributed by atoms with Crippen LogP contribution < -0.4 is 5.32 Å². The molecule has 3 aromatic rings. The van der Waals surface area contributed by atoms with Gasteiger partial charge in [0.05, 0.1) is 12.6 Å². The summed E-state index contributed by atoms with van der Waals surface area (Å²) >= 11 is 1.17. The number of nitrogens with zero attached hydrogens (tertiary/aromatic N) is 3. The number of thiazole rings is 1. The van der Waals surface area contributed by atoms with Crippen molar-refractivity contribution in [3.63, 3.8) is 0 Å². The van der Waals surface area contributed by atoms with Crippen LogP contribution >= 0.6 is 11.3 Å². The first-order chi connectivity index (χ1) is 10.2. The monoisotopic (exact) mass is 296 g/mol. The van der Waals surface area contributed by atoms with Crippen LogP contribution in [0.4, 0.5) is 5.13 Å². The molecule has 3 rings (SSSR count). The van der Waals surface area contributed by atoms with Gasteiger partial charge in [0.1, 0.15) is 10.9 Å². The first kappa shape index (κ1) is 13.3. The van der Waals surface area contributed by atoms with Crippen LogP contribution in [0.15, 0.2) is 36.7 Å². The van der Waals surface area contributed by atoms with Crippen molar-refractivity contribution >= 4 is 33.3 Å². The molecule has 0 saturated heterocycles. The van der Waals surface area contributed by atoms with Gasteiger partial charge in [-0.2, -0.15) is 5.26 Å². The van der Waals surface area contributed by atoms with E-state index in [9.17, 15) is 4.79 Å². The van der Waals surface area contributed by atoms with E-state index in [4.69, 9.17) is 5.26 Å². The Morgan fingerprint density at radius 1 is 1.48 bits per heavy atom. The zero-order valence-electron chi connectivity index (χ0n) is 11.3. The maximum Gasteiger partial charge on any atom is 0.230 e. The number of amides is 1. The van der Waals surface area contributed by atoms with Crippen LogP contribution in [0.2, 0.25) is 0 Å². The quantitative estimate of drug-likeness (QED) is 0.807. The van der Waals surface area contributed by atoms with Gasteiger partial charge in [-0.15, -0.1) is 0 Å². The van der Waals surface area contributed by atoms with Crippen molar-refractivity contribution in [2.24, 2.45) is 7.05 Å². The molecule has 21 heavy (non-hydrogen) atoms. The van der Waals surface area contributed by atoms with E-state index in [0.717, 1.165) is 16.5 Å². The number of benzene rings is 1. The van der Waals surface area contributed by atoms with Crippen molar-refractivity contribution in [1.29, 1.82) is 5.26 Å². The van der Waals surface area contributed by atoms with E-state index in [1.54, 1.807) is 0 Å². The first-order valence-electron chi connectivity index (χ1n) is 6.36. The fourth-order valence-electron chi connectivity index (χ4n) is 2.29. The zero-order chi connectivity index (χ0) is 14.8. The highest BCUT2D eigenvalue weighted by atomic mass is 32.1. The van der Waals surface area contributed by atoms with Crippen LogP contribution in [0, 0.1) is 11.3 Å². The molecule has 2 aromatic heterocycles. The van der Waals surface area contributed by atoms with Crippen LogP contribution in [0.1, 0.15) is 10.4 Å². The normalized spacial score (nSPS) is 10.5. The Bertz CT molecular complexity index is 856. The van der Waals surface area contributed by atoms with Crippen molar-refractivity contribution in [2.45, 2.75) is 6.42 Å². The van der Waals surface area contributed by atoms with Gasteiger partial charge in [0, 0.05) is 24.1 Å². The standard InChI is InChI=1S/C15H12N4OS/c1-19-9-10(12-4-2-3-5-13(12)19)6-14(20)18-15-17-8-11(7-16)21-15/h2-5,8-9H,6H2,1H3,(H,17,18,20). The number of carbonyl (C=O) groups is 1. The van der Waals surface area contributed by atoms with Crippen molar-refractivity contribution < 1.29 is 4.79 Å². The molecule has 0 spiro atoms. The number of nitriles is 1. The number of aryl methyl sites for hydroxylation is 1. The SMILES string of the molecule is Cn1cc(CC(=O)Nc2ncc(C#N)s2)c2ccccc21.